The first-order valence-corrected chi connectivity index (χ1v) is 11.5. The zero-order chi connectivity index (χ0) is 25.0. The summed E-state index contributed by atoms with van der Waals surface area (Å²) in [4.78, 5) is 19.7. The van der Waals surface area contributed by atoms with E-state index in [0.29, 0.717) is 56.2 Å². The number of hydrogen-bond acceptors (Lipinski definition) is 8. The highest BCUT2D eigenvalue weighted by Gasteiger charge is 2.20. The minimum absolute atomic E-state index is 0.220. The van der Waals surface area contributed by atoms with E-state index < -0.39 is 5.60 Å². The normalized spacial score (nSPS) is 14.8. The number of aliphatic hydroxyl groups is 1. The van der Waals surface area contributed by atoms with Gasteiger partial charge in [0.1, 0.15) is 5.69 Å². The van der Waals surface area contributed by atoms with Gasteiger partial charge in [-0.1, -0.05) is 6.07 Å². The summed E-state index contributed by atoms with van der Waals surface area (Å²) < 4.78 is 7.33. The number of amides is 1. The average Bonchev–Trinajstić information content (AvgIpc) is 3.25. The Kier molecular flexibility index (Phi) is 7.13. The topological polar surface area (TPSA) is 142 Å². The van der Waals surface area contributed by atoms with Gasteiger partial charge in [0.2, 0.25) is 0 Å². The summed E-state index contributed by atoms with van der Waals surface area (Å²) >= 11 is 0. The Labute approximate surface area is 203 Å². The summed E-state index contributed by atoms with van der Waals surface area (Å²) in [5.41, 5.74) is 8.21. The van der Waals surface area contributed by atoms with Crippen LogP contribution in [0.1, 0.15) is 36.5 Å². The molecule has 1 aromatic carbocycles. The first-order valence-electron chi connectivity index (χ1n) is 11.5. The second kappa shape index (κ2) is 10.2. The van der Waals surface area contributed by atoms with Gasteiger partial charge < -0.3 is 31.2 Å². The molecule has 0 saturated carbocycles. The second-order valence-electron chi connectivity index (χ2n) is 9.11. The molecule has 0 unspecified atom stereocenters. The number of benzene rings is 1. The molecule has 0 spiro atoms. The van der Waals surface area contributed by atoms with Crippen molar-refractivity contribution in [3.8, 4) is 0 Å². The highest BCUT2D eigenvalue weighted by molar-refractivity contribution is 6.09. The zero-order valence-electron chi connectivity index (χ0n) is 20.0. The van der Waals surface area contributed by atoms with E-state index in [1.165, 1.54) is 6.20 Å². The number of hydrogen-bond donors (Lipinski definition) is 4. The fraction of sp³-hybridized carbons (Fsp3) is 0.360. The predicted molar refractivity (Wildman–Crippen MR) is 137 cm³/mol. The van der Waals surface area contributed by atoms with Crippen molar-refractivity contribution in [2.45, 2.75) is 32.4 Å². The molecule has 184 valence electrons. The van der Waals surface area contributed by atoms with Gasteiger partial charge in [0.25, 0.3) is 5.91 Å². The first-order chi connectivity index (χ1) is 16.8. The number of rotatable bonds is 8. The Morgan fingerprint density at radius 1 is 1.29 bits per heavy atom. The summed E-state index contributed by atoms with van der Waals surface area (Å²) in [5, 5.41) is 26.1. The van der Waals surface area contributed by atoms with Crippen molar-refractivity contribution in [2.24, 2.45) is 5.73 Å². The maximum atomic E-state index is 13.2. The Balaban J connectivity index is 1.67. The van der Waals surface area contributed by atoms with Crippen LogP contribution in [0.4, 0.5) is 11.4 Å². The number of anilines is 2. The fourth-order valence-corrected chi connectivity index (χ4v) is 3.90. The number of ether oxygens (including phenoxy) is 1. The number of nitrogens with one attached hydrogen (secondary N) is 2. The van der Waals surface area contributed by atoms with Gasteiger partial charge in [0.15, 0.2) is 0 Å². The van der Waals surface area contributed by atoms with E-state index in [1.54, 1.807) is 32.0 Å². The van der Waals surface area contributed by atoms with E-state index in [2.05, 4.69) is 20.3 Å². The Hall–Kier alpha value is -3.76. The van der Waals surface area contributed by atoms with Crippen LogP contribution >= 0.6 is 0 Å². The van der Waals surface area contributed by atoms with Crippen molar-refractivity contribution in [3.05, 3.63) is 54.1 Å². The third kappa shape index (κ3) is 5.84. The van der Waals surface area contributed by atoms with Crippen LogP contribution < -0.4 is 16.0 Å². The molecule has 1 saturated heterocycles. The molecule has 0 aliphatic carbocycles. The minimum atomic E-state index is -0.783. The lowest BCUT2D eigenvalue weighted by atomic mass is 10.1. The third-order valence-electron chi connectivity index (χ3n) is 5.83. The van der Waals surface area contributed by atoms with E-state index in [-0.39, 0.29) is 11.6 Å². The molecule has 35 heavy (non-hydrogen) atoms. The van der Waals surface area contributed by atoms with Crippen LogP contribution in [0, 0.1) is 5.41 Å². The SMILES string of the molecule is CC(C)(O)CCn1cc2cc(NC(=O)c3cccc(/C(C=N)=C/N)n3)c(N3CCOCC3)cc2n1. The number of carbonyl (C=O) groups is 1. The molecule has 1 aliphatic rings. The van der Waals surface area contributed by atoms with Crippen LogP contribution in [0.2, 0.25) is 0 Å². The number of morpholine rings is 1. The molecule has 0 bridgehead atoms. The van der Waals surface area contributed by atoms with Crippen molar-refractivity contribution in [1.82, 2.24) is 14.8 Å². The van der Waals surface area contributed by atoms with Gasteiger partial charge in [-0.05, 0) is 44.5 Å². The smallest absolute Gasteiger partial charge is 0.274 e. The number of carbonyl (C=O) groups excluding carboxylic acids is 1. The van der Waals surface area contributed by atoms with Crippen LogP contribution in [0.15, 0.2) is 42.7 Å². The van der Waals surface area contributed by atoms with E-state index in [1.807, 2.05) is 23.0 Å². The van der Waals surface area contributed by atoms with Gasteiger partial charge in [0, 0.05) is 49.2 Å². The van der Waals surface area contributed by atoms with E-state index in [4.69, 9.17) is 15.9 Å². The van der Waals surface area contributed by atoms with Gasteiger partial charge in [-0.15, -0.1) is 0 Å². The molecule has 0 radical (unpaired) electrons. The lowest BCUT2D eigenvalue weighted by Crippen LogP contribution is -2.36. The highest BCUT2D eigenvalue weighted by atomic mass is 16.5. The highest BCUT2D eigenvalue weighted by Crippen LogP contribution is 2.32. The van der Waals surface area contributed by atoms with Crippen molar-refractivity contribution in [1.29, 1.82) is 5.41 Å². The molecule has 0 atom stereocenters. The number of pyridine rings is 1. The standard InChI is InChI=1S/C25H31N7O3/c1-25(2,34)6-7-32-16-17-12-22(23(13-21(17)30-32)31-8-10-35-11-9-31)29-24(33)20-5-3-4-19(28-20)18(14-26)15-27/h3-5,12-16,26,34H,6-11,27H2,1-2H3,(H,29,33)/b18-15+,26-14?. The minimum Gasteiger partial charge on any atom is -0.404 e. The number of fused-ring (bicyclic) bond motifs is 1. The Bertz CT molecular complexity index is 1250. The summed E-state index contributed by atoms with van der Waals surface area (Å²) in [6, 6.07) is 8.93. The Morgan fingerprint density at radius 2 is 2.03 bits per heavy atom. The summed E-state index contributed by atoms with van der Waals surface area (Å²) in [5.74, 6) is -0.364. The van der Waals surface area contributed by atoms with Crippen LogP contribution in [-0.2, 0) is 11.3 Å². The fourth-order valence-electron chi connectivity index (χ4n) is 3.90. The van der Waals surface area contributed by atoms with Crippen LogP contribution in [0.3, 0.4) is 0 Å². The molecule has 3 heterocycles. The molecule has 4 rings (SSSR count). The van der Waals surface area contributed by atoms with Crippen LogP contribution in [0.5, 0.6) is 0 Å². The molecular weight excluding hydrogens is 446 g/mol. The van der Waals surface area contributed by atoms with Crippen molar-refractivity contribution >= 4 is 40.0 Å². The van der Waals surface area contributed by atoms with Crippen molar-refractivity contribution in [3.63, 3.8) is 0 Å². The van der Waals surface area contributed by atoms with Gasteiger partial charge in [0.05, 0.1) is 41.4 Å². The van der Waals surface area contributed by atoms with Gasteiger partial charge in [-0.3, -0.25) is 9.48 Å². The average molecular weight is 478 g/mol. The monoisotopic (exact) mass is 477 g/mol. The van der Waals surface area contributed by atoms with E-state index >= 15 is 0 Å². The molecule has 10 nitrogen and oxygen atoms in total. The molecule has 5 N–H and O–H groups in total. The summed E-state index contributed by atoms with van der Waals surface area (Å²) in [6.07, 6.45) is 4.88. The molecule has 1 aliphatic heterocycles. The molecule has 1 fully saturated rings. The molecule has 2 aromatic heterocycles. The molecular formula is C25H31N7O3. The quantitative estimate of drug-likeness (QED) is 0.365. The zero-order valence-corrected chi connectivity index (χ0v) is 20.0. The molecule has 1 amide bonds. The second-order valence-corrected chi connectivity index (χ2v) is 9.11. The maximum absolute atomic E-state index is 13.2. The van der Waals surface area contributed by atoms with Gasteiger partial charge in [-0.2, -0.15) is 5.10 Å². The number of nitrogens with zero attached hydrogens (tertiary/aromatic N) is 4. The maximum Gasteiger partial charge on any atom is 0.274 e. The summed E-state index contributed by atoms with van der Waals surface area (Å²) in [6.45, 7) is 6.74. The van der Waals surface area contributed by atoms with E-state index in [9.17, 15) is 9.90 Å². The number of nitrogens with two attached hydrogens (primary N) is 1. The van der Waals surface area contributed by atoms with Crippen molar-refractivity contribution in [2.75, 3.05) is 36.5 Å². The van der Waals surface area contributed by atoms with Gasteiger partial charge >= 0.3 is 0 Å². The van der Waals surface area contributed by atoms with E-state index in [0.717, 1.165) is 22.8 Å². The number of aromatic nitrogens is 3. The molecule has 10 heteroatoms. The summed E-state index contributed by atoms with van der Waals surface area (Å²) in [7, 11) is 0. The van der Waals surface area contributed by atoms with Crippen LogP contribution in [0.25, 0.3) is 16.5 Å². The third-order valence-corrected chi connectivity index (χ3v) is 5.83. The van der Waals surface area contributed by atoms with Gasteiger partial charge in [-0.25, -0.2) is 4.98 Å². The first kappa shape index (κ1) is 24.4. The molecule has 3 aromatic rings. The Morgan fingerprint density at radius 3 is 2.71 bits per heavy atom. The predicted octanol–water partition coefficient (Wildman–Crippen LogP) is 2.63. The lowest BCUT2D eigenvalue weighted by molar-refractivity contribution is 0.0651. The van der Waals surface area contributed by atoms with Crippen LogP contribution in [-0.4, -0.2) is 63.9 Å². The number of allylic oxidation sites excluding steroid dienone is 1. The van der Waals surface area contributed by atoms with Crippen molar-refractivity contribution < 1.29 is 14.6 Å². The lowest BCUT2D eigenvalue weighted by Gasteiger charge is -2.30. The number of aryl methyl sites for hydroxylation is 1. The largest absolute Gasteiger partial charge is 0.404 e.